The number of aromatic nitrogens is 4. The Bertz CT molecular complexity index is 3460. The van der Waals surface area contributed by atoms with Crippen LogP contribution in [-0.4, -0.2) is 150 Å². The van der Waals surface area contributed by atoms with Crippen LogP contribution in [0, 0.1) is 5.82 Å². The van der Waals surface area contributed by atoms with Crippen LogP contribution in [0.25, 0.3) is 16.7 Å². The van der Waals surface area contributed by atoms with Gasteiger partial charge in [0.05, 0.1) is 96.0 Å². The van der Waals surface area contributed by atoms with E-state index in [-0.39, 0.29) is 49.3 Å². The van der Waals surface area contributed by atoms with Crippen molar-refractivity contribution in [2.75, 3.05) is 86.1 Å². The van der Waals surface area contributed by atoms with Crippen molar-refractivity contribution in [3.8, 4) is 22.6 Å². The lowest BCUT2D eigenvalue weighted by Gasteiger charge is -2.38. The van der Waals surface area contributed by atoms with Crippen molar-refractivity contribution in [1.82, 2.24) is 34.0 Å². The van der Waals surface area contributed by atoms with Gasteiger partial charge in [-0.2, -0.15) is 5.10 Å². The third-order valence-electron chi connectivity index (χ3n) is 14.4. The predicted molar refractivity (Wildman–Crippen MR) is 314 cm³/mol. The predicted octanol–water partition coefficient (Wildman–Crippen LogP) is 10.6. The number of carbonyl (C=O) groups excluding carboxylic acids is 3. The summed E-state index contributed by atoms with van der Waals surface area (Å²) in [5, 5.41) is 5.45. The average molecular weight is 1170 g/mol. The highest BCUT2D eigenvalue weighted by molar-refractivity contribution is 6.30. The summed E-state index contributed by atoms with van der Waals surface area (Å²) < 4.78 is 51.8. The highest BCUT2D eigenvalue weighted by atomic mass is 35.5. The van der Waals surface area contributed by atoms with Crippen LogP contribution in [-0.2, 0) is 36.7 Å². The van der Waals surface area contributed by atoms with E-state index in [9.17, 15) is 14.0 Å². The number of benzene rings is 4. The maximum Gasteiger partial charge on any atom is 0.326 e. The molecule has 0 bridgehead atoms. The van der Waals surface area contributed by atoms with Crippen LogP contribution in [0.5, 0.6) is 11.5 Å². The molecule has 0 unspecified atom stereocenters. The number of carbonyl (C=O) groups is 3. The molecule has 17 nitrogen and oxygen atoms in total. The van der Waals surface area contributed by atoms with Gasteiger partial charge in [-0.05, 0) is 102 Å². The van der Waals surface area contributed by atoms with Crippen LogP contribution in [0.2, 0.25) is 10.0 Å². The van der Waals surface area contributed by atoms with E-state index in [1.807, 2.05) is 73.3 Å². The fourth-order valence-corrected chi connectivity index (χ4v) is 10.5. The number of halogens is 3. The molecular formula is C63H65Cl2FN8O9. The maximum absolute atomic E-state index is 15.1. The number of hydrogen-bond donors (Lipinski definition) is 0. The zero-order chi connectivity index (χ0) is 57.8. The molecule has 1 fully saturated rings. The quantitative estimate of drug-likeness (QED) is 0.0500. The lowest BCUT2D eigenvalue weighted by atomic mass is 9.93. The van der Waals surface area contributed by atoms with Crippen LogP contribution in [0.1, 0.15) is 76.2 Å². The number of amidine groups is 1. The van der Waals surface area contributed by atoms with E-state index < -0.39 is 12.1 Å². The van der Waals surface area contributed by atoms with E-state index in [1.165, 1.54) is 10.7 Å². The molecule has 5 heterocycles. The number of fused-ring (bicyclic) bond motifs is 1. The van der Waals surface area contributed by atoms with Crippen molar-refractivity contribution in [2.45, 2.75) is 51.4 Å². The largest absolute Gasteiger partial charge is 0.497 e. The second-order valence-corrected chi connectivity index (χ2v) is 21.3. The summed E-state index contributed by atoms with van der Waals surface area (Å²) in [5.74, 6) is 0.831. The number of hydrogen-bond acceptors (Lipinski definition) is 12. The van der Waals surface area contributed by atoms with E-state index in [0.717, 1.165) is 56.6 Å². The van der Waals surface area contributed by atoms with Gasteiger partial charge < -0.3 is 42.8 Å². The molecule has 7 aromatic rings. The number of pyridine rings is 1. The van der Waals surface area contributed by atoms with Gasteiger partial charge in [-0.3, -0.25) is 24.5 Å². The summed E-state index contributed by atoms with van der Waals surface area (Å²) in [6.07, 6.45) is 12.1. The van der Waals surface area contributed by atoms with Gasteiger partial charge in [0.1, 0.15) is 35.7 Å². The SMILES string of the molecule is COc1ccc(C2=N[C@H](c3ccc(Cl)cc3)[C@H](c3ccc(Cl)cc3)N2C(=O)N2CCN(CCOCCOCCOCCOCCC(=O)n3cc(-c4cnc5c(c4)C(c4ccn(Cc6cccc(F)c6)c4)=CC5)cn3)C(=O)C2)c(OC(C)C)c1. The van der Waals surface area contributed by atoms with Gasteiger partial charge in [0.2, 0.25) is 11.8 Å². The van der Waals surface area contributed by atoms with Gasteiger partial charge in [0, 0.05) is 90.2 Å². The van der Waals surface area contributed by atoms with Crippen LogP contribution in [0.3, 0.4) is 0 Å². The van der Waals surface area contributed by atoms with Crippen molar-refractivity contribution in [2.24, 2.45) is 4.99 Å². The highest BCUT2D eigenvalue weighted by Crippen LogP contribution is 2.46. The van der Waals surface area contributed by atoms with Gasteiger partial charge in [-0.1, -0.05) is 65.7 Å². The number of piperazine rings is 1. The summed E-state index contributed by atoms with van der Waals surface area (Å²) in [7, 11) is 1.58. The summed E-state index contributed by atoms with van der Waals surface area (Å²) >= 11 is 12.7. The molecule has 0 saturated carbocycles. The van der Waals surface area contributed by atoms with Crippen molar-refractivity contribution in [1.29, 1.82) is 0 Å². The summed E-state index contributed by atoms with van der Waals surface area (Å²) in [5.41, 5.74) is 8.92. The van der Waals surface area contributed by atoms with Gasteiger partial charge >= 0.3 is 6.03 Å². The summed E-state index contributed by atoms with van der Waals surface area (Å²) in [4.78, 5) is 56.7. The zero-order valence-electron chi connectivity index (χ0n) is 46.5. The summed E-state index contributed by atoms with van der Waals surface area (Å²) in [6, 6.07) is 29.5. The van der Waals surface area contributed by atoms with Gasteiger partial charge in [-0.15, -0.1) is 0 Å². The fourth-order valence-electron chi connectivity index (χ4n) is 10.3. The Hall–Kier alpha value is -7.71. The molecule has 83 heavy (non-hydrogen) atoms. The Balaban J connectivity index is 0.622. The minimum absolute atomic E-state index is 0.131. The second-order valence-electron chi connectivity index (χ2n) is 20.4. The third-order valence-corrected chi connectivity index (χ3v) is 14.9. The number of aliphatic imine (C=N–C) groups is 1. The molecule has 3 aromatic heterocycles. The lowest BCUT2D eigenvalue weighted by molar-refractivity contribution is -0.135. The number of amides is 3. The molecule has 10 rings (SSSR count). The fraction of sp³-hybridized carbons (Fsp3) is 0.333. The van der Waals surface area contributed by atoms with Crippen molar-refractivity contribution >= 4 is 52.5 Å². The highest BCUT2D eigenvalue weighted by Gasteiger charge is 2.45. The average Bonchev–Trinajstić information content (AvgIpc) is 4.50. The van der Waals surface area contributed by atoms with Crippen LogP contribution >= 0.6 is 23.2 Å². The number of ether oxygens (including phenoxy) is 6. The molecule has 3 amide bonds. The minimum atomic E-state index is -0.613. The van der Waals surface area contributed by atoms with E-state index in [0.29, 0.717) is 105 Å². The molecule has 0 N–H and O–H groups in total. The first-order valence-electron chi connectivity index (χ1n) is 27.7. The molecule has 20 heteroatoms. The van der Waals surface area contributed by atoms with Crippen LogP contribution in [0.4, 0.5) is 9.18 Å². The van der Waals surface area contributed by atoms with Crippen LogP contribution < -0.4 is 9.47 Å². The Kier molecular flexibility index (Phi) is 19.4. The van der Waals surface area contributed by atoms with E-state index in [4.69, 9.17) is 61.6 Å². The van der Waals surface area contributed by atoms with E-state index >= 15 is 4.79 Å². The normalized spacial score (nSPS) is 15.9. The van der Waals surface area contributed by atoms with Crippen molar-refractivity contribution in [3.05, 3.63) is 195 Å². The van der Waals surface area contributed by atoms with Crippen molar-refractivity contribution in [3.63, 3.8) is 0 Å². The number of nitrogens with zero attached hydrogens (tertiary/aromatic N) is 8. The maximum atomic E-state index is 15.1. The Morgan fingerprint density at radius 3 is 2.16 bits per heavy atom. The number of methoxy groups -OCH3 is 1. The Labute approximate surface area is 491 Å². The first-order chi connectivity index (χ1) is 40.4. The van der Waals surface area contributed by atoms with Gasteiger partial charge in [-0.25, -0.2) is 13.9 Å². The topological polar surface area (TPSA) is 164 Å². The molecule has 0 radical (unpaired) electrons. The monoisotopic (exact) mass is 1170 g/mol. The molecular weight excluding hydrogens is 1100 g/mol. The third kappa shape index (κ3) is 14.6. The van der Waals surface area contributed by atoms with Crippen molar-refractivity contribution < 1.29 is 47.2 Å². The smallest absolute Gasteiger partial charge is 0.326 e. The Morgan fingerprint density at radius 1 is 0.747 bits per heavy atom. The first-order valence-corrected chi connectivity index (χ1v) is 28.4. The molecule has 2 atom stereocenters. The van der Waals surface area contributed by atoms with Gasteiger partial charge in [0.15, 0.2) is 0 Å². The molecule has 1 saturated heterocycles. The number of urea groups is 1. The standard InChI is InChI=1S/C63H65Cl2FN8O9/c1-42(2)83-57-35-52(78-3)15-16-54(57)62-69-60(44-7-11-49(64)12-8-44)61(45-9-13-50(65)14-10-45)74(62)63(77)72-23-22-71(59(76)41-72)24-26-80-28-30-82-32-31-81-29-27-79-25-20-58(75)73-40-48(37-68-73)47-34-55-53(17-18-56(55)67-36-47)46-19-21-70(39-46)38-43-5-4-6-51(66)33-43/h4-17,19,21,33-37,39-40,42,60-61H,18,20,22-32,38,41H2,1-3H3/t60-,61+/m1/s1. The lowest BCUT2D eigenvalue weighted by Crippen LogP contribution is -2.56. The van der Waals surface area contributed by atoms with Gasteiger partial charge in [0.25, 0.3) is 0 Å². The number of allylic oxidation sites excluding steroid dienone is 1. The second kappa shape index (κ2) is 27.6. The first kappa shape index (κ1) is 58.5. The van der Waals surface area contributed by atoms with Crippen LogP contribution in [0.15, 0.2) is 145 Å². The molecule has 432 valence electrons. The zero-order valence-corrected chi connectivity index (χ0v) is 48.0. The molecule has 0 spiro atoms. The molecule has 4 aromatic carbocycles. The molecule has 3 aliphatic rings. The Morgan fingerprint density at radius 2 is 1.46 bits per heavy atom. The minimum Gasteiger partial charge on any atom is -0.497 e. The molecule has 2 aliphatic heterocycles. The molecule has 1 aliphatic carbocycles. The van der Waals surface area contributed by atoms with E-state index in [1.54, 1.807) is 76.7 Å². The van der Waals surface area contributed by atoms with E-state index in [2.05, 4.69) is 29.5 Å². The summed E-state index contributed by atoms with van der Waals surface area (Å²) in [6.45, 7) is 7.79. The number of rotatable bonds is 25.